The lowest BCUT2D eigenvalue weighted by Gasteiger charge is -2.25. The third-order valence-corrected chi connectivity index (χ3v) is 5.29. The van der Waals surface area contributed by atoms with Gasteiger partial charge in [-0.05, 0) is 43.7 Å². The molecular formula is C24H20FNO4. The molecule has 1 amide bonds. The molecule has 1 fully saturated rings. The van der Waals surface area contributed by atoms with E-state index in [1.807, 2.05) is 19.1 Å². The molecule has 1 aliphatic rings. The highest BCUT2D eigenvalue weighted by Crippen LogP contribution is 2.41. The van der Waals surface area contributed by atoms with Gasteiger partial charge < -0.3 is 14.4 Å². The van der Waals surface area contributed by atoms with Crippen LogP contribution in [-0.4, -0.2) is 21.7 Å². The molecule has 0 unspecified atom stereocenters. The summed E-state index contributed by atoms with van der Waals surface area (Å²) < 4.78 is 20.1. The lowest BCUT2D eigenvalue weighted by molar-refractivity contribution is -0.140. The SMILES string of the molecule is Cc1ccc(C)c(C(O)=C2C(=O)C(=O)N(Cc3ccco3)[C@H]2c2ccccc2F)c1. The number of Topliss-reactive ketones (excluding diaryl/α,β-unsaturated/α-hetero) is 1. The maximum absolute atomic E-state index is 14.8. The second-order valence-corrected chi connectivity index (χ2v) is 7.35. The van der Waals surface area contributed by atoms with Crippen molar-refractivity contribution in [2.45, 2.75) is 26.4 Å². The third kappa shape index (κ3) is 3.30. The van der Waals surface area contributed by atoms with Gasteiger partial charge in [0.05, 0.1) is 24.4 Å². The van der Waals surface area contributed by atoms with E-state index < -0.39 is 23.5 Å². The van der Waals surface area contributed by atoms with Gasteiger partial charge in [-0.2, -0.15) is 0 Å². The fraction of sp³-hybridized carbons (Fsp3) is 0.167. The maximum Gasteiger partial charge on any atom is 0.296 e. The molecule has 5 nitrogen and oxygen atoms in total. The van der Waals surface area contributed by atoms with E-state index in [0.717, 1.165) is 11.1 Å². The van der Waals surface area contributed by atoms with Crippen LogP contribution in [0.15, 0.2) is 70.9 Å². The van der Waals surface area contributed by atoms with E-state index in [1.165, 1.54) is 29.4 Å². The molecular weight excluding hydrogens is 385 g/mol. The number of aryl methyl sites for hydroxylation is 2. The number of aliphatic hydroxyl groups excluding tert-OH is 1. The maximum atomic E-state index is 14.8. The summed E-state index contributed by atoms with van der Waals surface area (Å²) >= 11 is 0. The quantitative estimate of drug-likeness (QED) is 0.389. The normalized spacial score (nSPS) is 18.2. The first-order valence-corrected chi connectivity index (χ1v) is 9.51. The molecule has 0 aliphatic carbocycles. The van der Waals surface area contributed by atoms with E-state index in [4.69, 9.17) is 4.42 Å². The van der Waals surface area contributed by atoms with Gasteiger partial charge in [-0.1, -0.05) is 35.9 Å². The van der Waals surface area contributed by atoms with E-state index >= 15 is 0 Å². The molecule has 6 heteroatoms. The molecule has 30 heavy (non-hydrogen) atoms. The molecule has 0 bridgehead atoms. The van der Waals surface area contributed by atoms with Crippen LogP contribution in [0.25, 0.3) is 5.76 Å². The first-order valence-electron chi connectivity index (χ1n) is 9.51. The zero-order valence-electron chi connectivity index (χ0n) is 16.6. The number of ketones is 1. The van der Waals surface area contributed by atoms with E-state index in [0.29, 0.717) is 11.3 Å². The molecule has 1 saturated heterocycles. The lowest BCUT2D eigenvalue weighted by atomic mass is 9.93. The smallest absolute Gasteiger partial charge is 0.296 e. The minimum absolute atomic E-state index is 0.0276. The van der Waals surface area contributed by atoms with Gasteiger partial charge in [-0.3, -0.25) is 9.59 Å². The average Bonchev–Trinajstić information content (AvgIpc) is 3.32. The summed E-state index contributed by atoms with van der Waals surface area (Å²) in [6.45, 7) is 3.63. The minimum atomic E-state index is -1.07. The zero-order valence-corrected chi connectivity index (χ0v) is 16.6. The number of rotatable bonds is 4. The van der Waals surface area contributed by atoms with Crippen LogP contribution in [0.1, 0.15) is 34.1 Å². The standard InChI is InChI=1S/C24H20FNO4/c1-14-9-10-15(2)18(12-14)22(27)20-21(17-7-3-4-8-19(17)25)26(24(29)23(20)28)13-16-6-5-11-30-16/h3-12,21,27H,13H2,1-2H3/t21-/m0/s1. The first kappa shape index (κ1) is 19.6. The Morgan fingerprint density at radius 2 is 1.87 bits per heavy atom. The molecule has 0 saturated carbocycles. The third-order valence-electron chi connectivity index (χ3n) is 5.29. The van der Waals surface area contributed by atoms with Gasteiger partial charge in [0.15, 0.2) is 0 Å². The number of halogens is 1. The van der Waals surface area contributed by atoms with E-state index in [9.17, 15) is 19.1 Å². The van der Waals surface area contributed by atoms with Crippen LogP contribution < -0.4 is 0 Å². The Morgan fingerprint density at radius 1 is 1.10 bits per heavy atom. The molecule has 4 rings (SSSR count). The summed E-state index contributed by atoms with van der Waals surface area (Å²) in [7, 11) is 0. The number of aliphatic hydroxyl groups is 1. The van der Waals surface area contributed by atoms with Crippen molar-refractivity contribution in [1.82, 2.24) is 4.90 Å². The molecule has 2 heterocycles. The van der Waals surface area contributed by atoms with Gasteiger partial charge in [0, 0.05) is 11.1 Å². The van der Waals surface area contributed by atoms with E-state index in [1.54, 1.807) is 31.2 Å². The molecule has 0 radical (unpaired) electrons. The van der Waals surface area contributed by atoms with Crippen LogP contribution in [0.5, 0.6) is 0 Å². The van der Waals surface area contributed by atoms with Crippen molar-refractivity contribution >= 4 is 17.4 Å². The molecule has 1 atom stereocenters. The van der Waals surface area contributed by atoms with Gasteiger partial charge >= 0.3 is 0 Å². The summed E-state index contributed by atoms with van der Waals surface area (Å²) in [5.41, 5.74) is 2.06. The second kappa shape index (κ2) is 7.63. The number of carbonyl (C=O) groups is 2. The van der Waals surface area contributed by atoms with Crippen LogP contribution in [0.4, 0.5) is 4.39 Å². The monoisotopic (exact) mass is 405 g/mol. The topological polar surface area (TPSA) is 70.8 Å². The zero-order chi connectivity index (χ0) is 21.4. The number of likely N-dealkylation sites (tertiary alicyclic amines) is 1. The van der Waals surface area contributed by atoms with Gasteiger partial charge in [-0.15, -0.1) is 0 Å². The average molecular weight is 405 g/mol. The van der Waals surface area contributed by atoms with Crippen molar-refractivity contribution < 1.29 is 23.5 Å². The first-order chi connectivity index (χ1) is 14.4. The predicted octanol–water partition coefficient (Wildman–Crippen LogP) is 4.66. The number of furan rings is 1. The van der Waals surface area contributed by atoms with Gasteiger partial charge in [0.2, 0.25) is 0 Å². The van der Waals surface area contributed by atoms with Gasteiger partial charge in [0.25, 0.3) is 11.7 Å². The van der Waals surface area contributed by atoms with Crippen LogP contribution in [0.2, 0.25) is 0 Å². The summed E-state index contributed by atoms with van der Waals surface area (Å²) in [5.74, 6) is -2.10. The molecule has 3 aromatic rings. The number of benzene rings is 2. The Labute approximate surface area is 173 Å². The van der Waals surface area contributed by atoms with E-state index in [2.05, 4.69) is 0 Å². The summed E-state index contributed by atoms with van der Waals surface area (Å²) in [4.78, 5) is 27.1. The fourth-order valence-corrected chi connectivity index (χ4v) is 3.77. The number of carbonyl (C=O) groups excluding carboxylic acids is 2. The van der Waals surface area contributed by atoms with Gasteiger partial charge in [0.1, 0.15) is 17.3 Å². The van der Waals surface area contributed by atoms with Crippen molar-refractivity contribution in [3.8, 4) is 0 Å². The predicted molar refractivity (Wildman–Crippen MR) is 109 cm³/mol. The molecule has 0 spiro atoms. The fourth-order valence-electron chi connectivity index (χ4n) is 3.77. The highest BCUT2D eigenvalue weighted by Gasteiger charge is 2.47. The number of nitrogens with zero attached hydrogens (tertiary/aromatic N) is 1. The Kier molecular flexibility index (Phi) is 4.99. The summed E-state index contributed by atoms with van der Waals surface area (Å²) in [6.07, 6.45) is 1.46. The highest BCUT2D eigenvalue weighted by atomic mass is 19.1. The van der Waals surface area contributed by atoms with Crippen molar-refractivity contribution in [2.75, 3.05) is 0 Å². The second-order valence-electron chi connectivity index (χ2n) is 7.35. The molecule has 1 aliphatic heterocycles. The van der Waals surface area contributed by atoms with Crippen LogP contribution >= 0.6 is 0 Å². The summed E-state index contributed by atoms with van der Waals surface area (Å²) in [5, 5.41) is 11.1. The molecule has 2 aromatic carbocycles. The number of amides is 1. The van der Waals surface area contributed by atoms with Crippen molar-refractivity contribution in [2.24, 2.45) is 0 Å². The molecule has 152 valence electrons. The number of hydrogen-bond donors (Lipinski definition) is 1. The molecule has 1 N–H and O–H groups in total. The Morgan fingerprint density at radius 3 is 2.57 bits per heavy atom. The van der Waals surface area contributed by atoms with Crippen LogP contribution in [0, 0.1) is 19.7 Å². The van der Waals surface area contributed by atoms with Crippen molar-refractivity contribution in [3.05, 3.63) is 100 Å². The van der Waals surface area contributed by atoms with Crippen molar-refractivity contribution in [1.29, 1.82) is 0 Å². The minimum Gasteiger partial charge on any atom is -0.507 e. The molecule has 1 aromatic heterocycles. The van der Waals surface area contributed by atoms with Crippen LogP contribution in [0.3, 0.4) is 0 Å². The van der Waals surface area contributed by atoms with Crippen molar-refractivity contribution in [3.63, 3.8) is 0 Å². The summed E-state index contributed by atoms with van der Waals surface area (Å²) in [6, 6.07) is 13.6. The van der Waals surface area contributed by atoms with Crippen LogP contribution in [-0.2, 0) is 16.1 Å². The Hall–Kier alpha value is -3.67. The largest absolute Gasteiger partial charge is 0.507 e. The van der Waals surface area contributed by atoms with Gasteiger partial charge in [-0.25, -0.2) is 4.39 Å². The highest BCUT2D eigenvalue weighted by molar-refractivity contribution is 6.46. The van der Waals surface area contributed by atoms with E-state index in [-0.39, 0.29) is 23.4 Å². The number of hydrogen-bond acceptors (Lipinski definition) is 4. The lowest BCUT2D eigenvalue weighted by Crippen LogP contribution is -2.29. The Bertz CT molecular complexity index is 1160. The Balaban J connectivity index is 1.93.